The molecule has 0 amide bonds. The molecule has 0 aliphatic rings. The van der Waals surface area contributed by atoms with Crippen molar-refractivity contribution >= 4 is 23.4 Å². The monoisotopic (exact) mass is 305 g/mol. The summed E-state index contributed by atoms with van der Waals surface area (Å²) in [5.74, 6) is -0.476. The normalized spacial score (nSPS) is 10.4. The summed E-state index contributed by atoms with van der Waals surface area (Å²) in [5, 5.41) is 0.575. The number of hydrogen-bond acceptors (Lipinski definition) is 3. The van der Waals surface area contributed by atoms with Crippen molar-refractivity contribution in [1.82, 2.24) is 4.57 Å². The molecular weight excluding hydrogens is 290 g/mol. The fourth-order valence-electron chi connectivity index (χ4n) is 2.09. The quantitative estimate of drug-likeness (QED) is 0.630. The highest BCUT2D eigenvalue weighted by atomic mass is 35.5. The Morgan fingerprint density at radius 2 is 1.86 bits per heavy atom. The van der Waals surface area contributed by atoms with Crippen LogP contribution in [0.4, 0.5) is 0 Å². The van der Waals surface area contributed by atoms with E-state index in [0.29, 0.717) is 28.5 Å². The first-order valence-electron chi connectivity index (χ1n) is 6.63. The van der Waals surface area contributed by atoms with Crippen molar-refractivity contribution in [3.05, 3.63) is 58.4 Å². The zero-order valence-electron chi connectivity index (χ0n) is 11.9. The zero-order valence-corrected chi connectivity index (χ0v) is 12.7. The lowest BCUT2D eigenvalue weighted by Gasteiger charge is -2.07. The van der Waals surface area contributed by atoms with Gasteiger partial charge in [0.05, 0.1) is 13.0 Å². The molecule has 4 nitrogen and oxygen atoms in total. The van der Waals surface area contributed by atoms with Crippen molar-refractivity contribution in [2.45, 2.75) is 13.3 Å². The second-order valence-corrected chi connectivity index (χ2v) is 5.04. The Balaban J connectivity index is 2.29. The molecule has 0 aliphatic carbocycles. The van der Waals surface area contributed by atoms with Gasteiger partial charge in [0.15, 0.2) is 5.78 Å². The Hall–Kier alpha value is -2.07. The third-order valence-electron chi connectivity index (χ3n) is 3.17. The van der Waals surface area contributed by atoms with Gasteiger partial charge in [0.2, 0.25) is 0 Å². The molecule has 0 bridgehead atoms. The Labute approximate surface area is 128 Å². The van der Waals surface area contributed by atoms with E-state index in [1.165, 1.54) is 0 Å². The summed E-state index contributed by atoms with van der Waals surface area (Å²) in [6, 6.07) is 8.40. The van der Waals surface area contributed by atoms with Gasteiger partial charge in [-0.2, -0.15) is 0 Å². The van der Waals surface area contributed by atoms with Crippen LogP contribution in [-0.4, -0.2) is 22.9 Å². The van der Waals surface area contributed by atoms with Crippen molar-refractivity contribution < 1.29 is 14.3 Å². The van der Waals surface area contributed by atoms with Gasteiger partial charge in [-0.3, -0.25) is 9.59 Å². The van der Waals surface area contributed by atoms with Crippen LogP contribution in [0, 0.1) is 0 Å². The molecule has 110 valence electrons. The number of nitrogens with zero attached hydrogens (tertiary/aromatic N) is 1. The number of halogens is 1. The van der Waals surface area contributed by atoms with Crippen molar-refractivity contribution in [3.63, 3.8) is 0 Å². The standard InChI is InChI=1S/C16H16ClNO3/c1-3-21-15(19)10-14-13(8-9-18(14)2)16(20)11-4-6-12(17)7-5-11/h4-9H,3,10H2,1-2H3. The van der Waals surface area contributed by atoms with E-state index >= 15 is 0 Å². The Morgan fingerprint density at radius 3 is 2.48 bits per heavy atom. The molecule has 0 spiro atoms. The van der Waals surface area contributed by atoms with E-state index in [4.69, 9.17) is 16.3 Å². The number of aromatic nitrogens is 1. The Bertz CT molecular complexity index is 659. The molecule has 0 aliphatic heterocycles. The van der Waals surface area contributed by atoms with E-state index in [1.807, 2.05) is 0 Å². The van der Waals surface area contributed by atoms with Crippen molar-refractivity contribution in [2.24, 2.45) is 7.05 Å². The molecule has 0 fully saturated rings. The highest BCUT2D eigenvalue weighted by Crippen LogP contribution is 2.18. The number of ketones is 1. The maximum Gasteiger partial charge on any atom is 0.311 e. The molecule has 1 heterocycles. The van der Waals surface area contributed by atoms with E-state index in [-0.39, 0.29) is 18.2 Å². The largest absolute Gasteiger partial charge is 0.466 e. The lowest BCUT2D eigenvalue weighted by atomic mass is 10.0. The van der Waals surface area contributed by atoms with E-state index in [2.05, 4.69) is 0 Å². The Kier molecular flexibility index (Phi) is 4.81. The third-order valence-corrected chi connectivity index (χ3v) is 3.42. The second kappa shape index (κ2) is 6.59. The van der Waals surface area contributed by atoms with Crippen LogP contribution in [0.3, 0.4) is 0 Å². The SMILES string of the molecule is CCOC(=O)Cc1c(C(=O)c2ccc(Cl)cc2)ccn1C. The van der Waals surface area contributed by atoms with Crippen molar-refractivity contribution in [3.8, 4) is 0 Å². The number of esters is 1. The van der Waals surface area contributed by atoms with E-state index < -0.39 is 0 Å². The maximum absolute atomic E-state index is 12.5. The fraction of sp³-hybridized carbons (Fsp3) is 0.250. The smallest absolute Gasteiger partial charge is 0.311 e. The minimum absolute atomic E-state index is 0.0754. The van der Waals surface area contributed by atoms with Gasteiger partial charge in [-0.05, 0) is 37.3 Å². The molecule has 21 heavy (non-hydrogen) atoms. The van der Waals surface area contributed by atoms with Crippen LogP contribution in [0.5, 0.6) is 0 Å². The highest BCUT2D eigenvalue weighted by Gasteiger charge is 2.19. The molecule has 0 atom stereocenters. The van der Waals surface area contributed by atoms with E-state index in [9.17, 15) is 9.59 Å². The molecule has 0 N–H and O–H groups in total. The summed E-state index contributed by atoms with van der Waals surface area (Å²) >= 11 is 5.82. The lowest BCUT2D eigenvalue weighted by molar-refractivity contribution is -0.142. The van der Waals surface area contributed by atoms with Crippen LogP contribution in [0.25, 0.3) is 0 Å². The number of hydrogen-bond donors (Lipinski definition) is 0. The first-order chi connectivity index (χ1) is 10.0. The second-order valence-electron chi connectivity index (χ2n) is 4.60. The Morgan fingerprint density at radius 1 is 1.19 bits per heavy atom. The number of carbonyl (C=O) groups excluding carboxylic acids is 2. The van der Waals surface area contributed by atoms with Crippen molar-refractivity contribution in [2.75, 3.05) is 6.61 Å². The van der Waals surface area contributed by atoms with Crippen LogP contribution in [0.15, 0.2) is 36.5 Å². The molecule has 1 aromatic heterocycles. The van der Waals surface area contributed by atoms with Gasteiger partial charge in [0.1, 0.15) is 0 Å². The first kappa shape index (κ1) is 15.3. The van der Waals surface area contributed by atoms with E-state index in [1.54, 1.807) is 55.1 Å². The highest BCUT2D eigenvalue weighted by molar-refractivity contribution is 6.30. The zero-order chi connectivity index (χ0) is 15.4. The maximum atomic E-state index is 12.5. The van der Waals surface area contributed by atoms with Gasteiger partial charge in [0.25, 0.3) is 0 Å². The average molecular weight is 306 g/mol. The van der Waals surface area contributed by atoms with Gasteiger partial charge < -0.3 is 9.30 Å². The fourth-order valence-corrected chi connectivity index (χ4v) is 2.22. The minimum Gasteiger partial charge on any atom is -0.466 e. The predicted octanol–water partition coefficient (Wildman–Crippen LogP) is 3.02. The van der Waals surface area contributed by atoms with Gasteiger partial charge in [0, 0.05) is 35.1 Å². The van der Waals surface area contributed by atoms with Crippen LogP contribution >= 0.6 is 11.6 Å². The third kappa shape index (κ3) is 3.52. The van der Waals surface area contributed by atoms with Gasteiger partial charge in [-0.1, -0.05) is 11.6 Å². The molecule has 0 saturated carbocycles. The van der Waals surface area contributed by atoms with Crippen LogP contribution in [0.2, 0.25) is 5.02 Å². The summed E-state index contributed by atoms with van der Waals surface area (Å²) in [6.07, 6.45) is 1.84. The first-order valence-corrected chi connectivity index (χ1v) is 7.00. The molecular formula is C16H16ClNO3. The summed E-state index contributed by atoms with van der Waals surface area (Å²) in [4.78, 5) is 24.2. The molecule has 0 radical (unpaired) electrons. The van der Waals surface area contributed by atoms with Crippen molar-refractivity contribution in [1.29, 1.82) is 0 Å². The van der Waals surface area contributed by atoms with Crippen LogP contribution in [-0.2, 0) is 23.0 Å². The van der Waals surface area contributed by atoms with Gasteiger partial charge in [-0.25, -0.2) is 0 Å². The number of aryl methyl sites for hydroxylation is 1. The molecule has 0 saturated heterocycles. The summed E-state index contributed by atoms with van der Waals surface area (Å²) < 4.78 is 6.71. The minimum atomic E-state index is -0.343. The molecule has 2 rings (SSSR count). The average Bonchev–Trinajstić information content (AvgIpc) is 2.81. The summed E-state index contributed by atoms with van der Waals surface area (Å²) in [5.41, 5.74) is 1.69. The molecule has 1 aromatic carbocycles. The summed E-state index contributed by atoms with van der Waals surface area (Å²) in [7, 11) is 1.80. The summed E-state index contributed by atoms with van der Waals surface area (Å²) in [6.45, 7) is 2.08. The molecule has 2 aromatic rings. The topological polar surface area (TPSA) is 48.3 Å². The number of rotatable bonds is 5. The number of carbonyl (C=O) groups is 2. The van der Waals surface area contributed by atoms with Gasteiger partial charge >= 0.3 is 5.97 Å². The number of ether oxygens (including phenoxy) is 1. The number of benzene rings is 1. The van der Waals surface area contributed by atoms with Crippen LogP contribution < -0.4 is 0 Å². The lowest BCUT2D eigenvalue weighted by Crippen LogP contribution is -2.14. The predicted molar refractivity (Wildman–Crippen MR) is 80.6 cm³/mol. The molecule has 0 unspecified atom stereocenters. The van der Waals surface area contributed by atoms with Crippen LogP contribution in [0.1, 0.15) is 28.5 Å². The van der Waals surface area contributed by atoms with Gasteiger partial charge in [-0.15, -0.1) is 0 Å². The molecule has 5 heteroatoms. The van der Waals surface area contributed by atoms with E-state index in [0.717, 1.165) is 0 Å².